The van der Waals surface area contributed by atoms with E-state index in [1.54, 1.807) is 6.92 Å². The number of methoxy groups -OCH3 is 2. The van der Waals surface area contributed by atoms with Crippen LogP contribution in [0.3, 0.4) is 0 Å². The SMILES string of the molecule is CCC(=O)O.COC(=O)CCC(=O)OC. The van der Waals surface area contributed by atoms with Crippen molar-refractivity contribution in [2.45, 2.75) is 26.2 Å². The normalized spacial score (nSPS) is 8.20. The van der Waals surface area contributed by atoms with Gasteiger partial charge in [0.2, 0.25) is 0 Å². The largest absolute Gasteiger partial charge is 0.481 e. The molecule has 0 saturated carbocycles. The van der Waals surface area contributed by atoms with E-state index in [1.807, 2.05) is 0 Å². The highest BCUT2D eigenvalue weighted by molar-refractivity contribution is 5.77. The fourth-order valence-electron chi connectivity index (χ4n) is 0.408. The molecule has 0 aliphatic carbocycles. The van der Waals surface area contributed by atoms with Gasteiger partial charge in [0.25, 0.3) is 0 Å². The summed E-state index contributed by atoms with van der Waals surface area (Å²) >= 11 is 0. The second kappa shape index (κ2) is 10.5. The summed E-state index contributed by atoms with van der Waals surface area (Å²) in [6.45, 7) is 1.60. The van der Waals surface area contributed by atoms with E-state index in [-0.39, 0.29) is 19.3 Å². The highest BCUT2D eigenvalue weighted by Crippen LogP contribution is 1.92. The van der Waals surface area contributed by atoms with E-state index in [0.29, 0.717) is 0 Å². The summed E-state index contributed by atoms with van der Waals surface area (Å²) in [5.74, 6) is -1.54. The van der Waals surface area contributed by atoms with Crippen LogP contribution in [0.2, 0.25) is 0 Å². The first-order valence-electron chi connectivity index (χ1n) is 4.33. The first-order valence-corrected chi connectivity index (χ1v) is 4.33. The third kappa shape index (κ3) is 15.2. The van der Waals surface area contributed by atoms with E-state index < -0.39 is 17.9 Å². The van der Waals surface area contributed by atoms with Gasteiger partial charge >= 0.3 is 17.9 Å². The van der Waals surface area contributed by atoms with Crippen molar-refractivity contribution in [3.8, 4) is 0 Å². The van der Waals surface area contributed by atoms with Crippen LogP contribution in [0.1, 0.15) is 26.2 Å². The topological polar surface area (TPSA) is 89.9 Å². The Hall–Kier alpha value is -1.59. The molecule has 0 aliphatic heterocycles. The molecule has 0 rings (SSSR count). The van der Waals surface area contributed by atoms with Crippen molar-refractivity contribution in [1.82, 2.24) is 0 Å². The Morgan fingerprint density at radius 1 is 1.00 bits per heavy atom. The Bertz CT molecular complexity index is 195. The summed E-state index contributed by atoms with van der Waals surface area (Å²) < 4.78 is 8.60. The highest BCUT2D eigenvalue weighted by atomic mass is 16.5. The number of hydrogen-bond donors (Lipinski definition) is 1. The number of hydrogen-bond acceptors (Lipinski definition) is 5. The minimum atomic E-state index is -0.745. The Balaban J connectivity index is 0. The van der Waals surface area contributed by atoms with E-state index in [1.165, 1.54) is 14.2 Å². The van der Waals surface area contributed by atoms with Crippen LogP contribution >= 0.6 is 0 Å². The van der Waals surface area contributed by atoms with Crippen molar-refractivity contribution in [2.75, 3.05) is 14.2 Å². The number of rotatable bonds is 4. The molecule has 0 atom stereocenters. The van der Waals surface area contributed by atoms with Crippen molar-refractivity contribution in [2.24, 2.45) is 0 Å². The molecule has 1 N–H and O–H groups in total. The lowest BCUT2D eigenvalue weighted by Crippen LogP contribution is -2.06. The zero-order valence-corrected chi connectivity index (χ0v) is 9.11. The summed E-state index contributed by atoms with van der Waals surface area (Å²) in [5, 5.41) is 7.72. The van der Waals surface area contributed by atoms with Crippen molar-refractivity contribution in [3.63, 3.8) is 0 Å². The fraction of sp³-hybridized carbons (Fsp3) is 0.667. The van der Waals surface area contributed by atoms with Gasteiger partial charge in [-0.15, -0.1) is 0 Å². The van der Waals surface area contributed by atoms with Crippen LogP contribution in [-0.2, 0) is 23.9 Å². The van der Waals surface area contributed by atoms with Crippen LogP contribution in [0.15, 0.2) is 0 Å². The Morgan fingerprint density at radius 2 is 1.27 bits per heavy atom. The van der Waals surface area contributed by atoms with E-state index in [2.05, 4.69) is 9.47 Å². The van der Waals surface area contributed by atoms with Gasteiger partial charge in [0.05, 0.1) is 27.1 Å². The average Bonchev–Trinajstić information content (AvgIpc) is 2.25. The summed E-state index contributed by atoms with van der Waals surface area (Å²) in [4.78, 5) is 30.2. The summed E-state index contributed by atoms with van der Waals surface area (Å²) in [7, 11) is 2.55. The van der Waals surface area contributed by atoms with Crippen LogP contribution in [-0.4, -0.2) is 37.2 Å². The summed E-state index contributed by atoms with van der Waals surface area (Å²) in [5.41, 5.74) is 0. The molecule has 0 bridgehead atoms. The maximum absolute atomic E-state index is 10.4. The Kier molecular flexibility index (Phi) is 11.1. The van der Waals surface area contributed by atoms with Gasteiger partial charge < -0.3 is 14.6 Å². The van der Waals surface area contributed by atoms with Gasteiger partial charge in [0, 0.05) is 6.42 Å². The fourth-order valence-corrected chi connectivity index (χ4v) is 0.408. The molecule has 15 heavy (non-hydrogen) atoms. The number of esters is 2. The number of carbonyl (C=O) groups excluding carboxylic acids is 2. The molecule has 0 saturated heterocycles. The molecule has 0 unspecified atom stereocenters. The molecule has 0 amide bonds. The van der Waals surface area contributed by atoms with Crippen molar-refractivity contribution in [3.05, 3.63) is 0 Å². The molecule has 0 aromatic heterocycles. The third-order valence-corrected chi connectivity index (χ3v) is 1.29. The van der Waals surface area contributed by atoms with Gasteiger partial charge in [-0.1, -0.05) is 6.92 Å². The van der Waals surface area contributed by atoms with E-state index in [0.717, 1.165) is 0 Å². The Labute approximate surface area is 88.2 Å². The predicted molar refractivity (Wildman–Crippen MR) is 51.2 cm³/mol. The number of ether oxygens (including phenoxy) is 2. The van der Waals surface area contributed by atoms with Crippen LogP contribution in [0.5, 0.6) is 0 Å². The Morgan fingerprint density at radius 3 is 1.40 bits per heavy atom. The van der Waals surface area contributed by atoms with Crippen molar-refractivity contribution in [1.29, 1.82) is 0 Å². The van der Waals surface area contributed by atoms with Gasteiger partial charge in [-0.25, -0.2) is 0 Å². The minimum Gasteiger partial charge on any atom is -0.481 e. The van der Waals surface area contributed by atoms with Gasteiger partial charge in [-0.05, 0) is 0 Å². The van der Waals surface area contributed by atoms with E-state index >= 15 is 0 Å². The standard InChI is InChI=1S/C6H10O4.C3H6O2/c1-9-5(7)3-4-6(8)10-2;1-2-3(4)5/h3-4H2,1-2H3;2H2,1H3,(H,4,5). The predicted octanol–water partition coefficient (Wildman–Crippen LogP) is 0.594. The lowest BCUT2D eigenvalue weighted by atomic mass is 10.3. The molecule has 0 fully saturated rings. The second-order valence-electron chi connectivity index (χ2n) is 2.40. The molecule has 88 valence electrons. The minimum absolute atomic E-state index is 0.0865. The summed E-state index contributed by atoms with van der Waals surface area (Å²) in [6.07, 6.45) is 0.395. The number of carboxylic acids is 1. The highest BCUT2D eigenvalue weighted by Gasteiger charge is 2.05. The summed E-state index contributed by atoms with van der Waals surface area (Å²) in [6, 6.07) is 0. The van der Waals surface area contributed by atoms with E-state index in [4.69, 9.17) is 5.11 Å². The molecular formula is C9H16O6. The molecule has 6 nitrogen and oxygen atoms in total. The molecule has 6 heteroatoms. The van der Waals surface area contributed by atoms with Crippen LogP contribution in [0.4, 0.5) is 0 Å². The average molecular weight is 220 g/mol. The van der Waals surface area contributed by atoms with Crippen LogP contribution < -0.4 is 0 Å². The molecule has 0 heterocycles. The maximum atomic E-state index is 10.4. The maximum Gasteiger partial charge on any atom is 0.306 e. The zero-order chi connectivity index (χ0) is 12.3. The van der Waals surface area contributed by atoms with Gasteiger partial charge in [-0.3, -0.25) is 14.4 Å². The van der Waals surface area contributed by atoms with Crippen LogP contribution in [0, 0.1) is 0 Å². The quantitative estimate of drug-likeness (QED) is 0.697. The third-order valence-electron chi connectivity index (χ3n) is 1.29. The lowest BCUT2D eigenvalue weighted by Gasteiger charge is -1.96. The number of aliphatic carboxylic acids is 1. The molecule has 0 spiro atoms. The zero-order valence-electron chi connectivity index (χ0n) is 9.11. The number of carboxylic acid groups (broad SMARTS) is 1. The second-order valence-corrected chi connectivity index (χ2v) is 2.40. The van der Waals surface area contributed by atoms with E-state index in [9.17, 15) is 14.4 Å². The monoisotopic (exact) mass is 220 g/mol. The van der Waals surface area contributed by atoms with Crippen molar-refractivity contribution < 1.29 is 29.0 Å². The molecule has 0 radical (unpaired) electrons. The van der Waals surface area contributed by atoms with Gasteiger partial charge in [0.1, 0.15) is 0 Å². The van der Waals surface area contributed by atoms with Crippen LogP contribution in [0.25, 0.3) is 0 Å². The molecule has 0 aromatic carbocycles. The molecule has 0 aliphatic rings. The first kappa shape index (κ1) is 15.9. The van der Waals surface area contributed by atoms with Crippen molar-refractivity contribution >= 4 is 17.9 Å². The smallest absolute Gasteiger partial charge is 0.306 e. The van der Waals surface area contributed by atoms with Gasteiger partial charge in [0.15, 0.2) is 0 Å². The first-order chi connectivity index (χ1) is 6.97. The molecular weight excluding hydrogens is 204 g/mol. The van der Waals surface area contributed by atoms with Gasteiger partial charge in [-0.2, -0.15) is 0 Å². The number of carbonyl (C=O) groups is 3. The molecule has 0 aromatic rings. The lowest BCUT2D eigenvalue weighted by molar-refractivity contribution is -0.147.